The predicted octanol–water partition coefficient (Wildman–Crippen LogP) is 3.05. The van der Waals surface area contributed by atoms with Crippen molar-refractivity contribution in [3.63, 3.8) is 0 Å². The molecule has 0 aliphatic carbocycles. The minimum atomic E-state index is -5.08. The van der Waals surface area contributed by atoms with Crippen LogP contribution in [-0.2, 0) is 36.8 Å². The Hall–Kier alpha value is -3.14. The molecule has 0 saturated carbocycles. The highest BCUT2D eigenvalue weighted by Gasteiger charge is 2.43. The van der Waals surface area contributed by atoms with Gasteiger partial charge in [0, 0.05) is 63.4 Å². The molecular weight excluding hydrogens is 526 g/mol. The topological polar surface area (TPSA) is 117 Å². The molecule has 2 aliphatic heterocycles. The number of piperidine rings is 1. The lowest BCUT2D eigenvalue weighted by atomic mass is 9.84. The Morgan fingerprint density at radius 2 is 1.50 bits per heavy atom. The zero-order chi connectivity index (χ0) is 28.7. The van der Waals surface area contributed by atoms with E-state index < -0.39 is 24.3 Å². The number of hydrogen-bond donors (Lipinski definition) is 2. The molecule has 2 aromatic rings. The van der Waals surface area contributed by atoms with Crippen molar-refractivity contribution in [1.82, 2.24) is 29.1 Å². The fraction of sp³-hybridized carbons (Fsp3) is 0.636. The van der Waals surface area contributed by atoms with Crippen LogP contribution in [0.1, 0.15) is 37.1 Å². The fourth-order valence-electron chi connectivity index (χ4n) is 4.46. The zero-order valence-electron chi connectivity index (χ0n) is 20.8. The SMILES string of the molecule is Cn1cc(CN2CCCC23CCN(Cc2nccn2C)CC3)cn1.O=C(O)C(F)(F)F.O=C(O)C(F)(F)F. The van der Waals surface area contributed by atoms with Gasteiger partial charge in [0.05, 0.1) is 12.7 Å². The van der Waals surface area contributed by atoms with Crippen molar-refractivity contribution >= 4 is 11.9 Å². The number of likely N-dealkylation sites (tertiary alicyclic amines) is 2. The summed E-state index contributed by atoms with van der Waals surface area (Å²) in [7, 11) is 4.08. The number of imidazole rings is 1. The summed E-state index contributed by atoms with van der Waals surface area (Å²) in [6, 6.07) is 0. The first kappa shape index (κ1) is 31.1. The molecule has 2 fully saturated rings. The first-order valence-electron chi connectivity index (χ1n) is 11.5. The zero-order valence-corrected chi connectivity index (χ0v) is 20.8. The molecule has 2 aliphatic rings. The summed E-state index contributed by atoms with van der Waals surface area (Å²) in [6.45, 7) is 5.61. The molecule has 16 heteroatoms. The Morgan fingerprint density at radius 3 is 1.92 bits per heavy atom. The third kappa shape index (κ3) is 9.01. The lowest BCUT2D eigenvalue weighted by Gasteiger charge is -2.45. The minimum Gasteiger partial charge on any atom is -0.475 e. The highest BCUT2D eigenvalue weighted by atomic mass is 19.4. The summed E-state index contributed by atoms with van der Waals surface area (Å²) in [6.07, 6.45) is 3.17. The van der Waals surface area contributed by atoms with E-state index in [0.29, 0.717) is 5.54 Å². The van der Waals surface area contributed by atoms with E-state index in [2.05, 4.69) is 37.7 Å². The fourth-order valence-corrected chi connectivity index (χ4v) is 4.46. The van der Waals surface area contributed by atoms with Gasteiger partial charge in [0.25, 0.3) is 0 Å². The van der Waals surface area contributed by atoms with Crippen molar-refractivity contribution in [2.75, 3.05) is 19.6 Å². The van der Waals surface area contributed by atoms with Gasteiger partial charge in [0.1, 0.15) is 5.82 Å². The van der Waals surface area contributed by atoms with Gasteiger partial charge in [0.2, 0.25) is 0 Å². The predicted molar refractivity (Wildman–Crippen MR) is 121 cm³/mol. The number of carboxylic acid groups (broad SMARTS) is 2. The van der Waals surface area contributed by atoms with Gasteiger partial charge >= 0.3 is 24.3 Å². The highest BCUT2D eigenvalue weighted by molar-refractivity contribution is 5.73. The van der Waals surface area contributed by atoms with E-state index >= 15 is 0 Å². The number of aliphatic carboxylic acids is 2. The Morgan fingerprint density at radius 1 is 0.947 bits per heavy atom. The Kier molecular flexibility index (Phi) is 10.3. The summed E-state index contributed by atoms with van der Waals surface area (Å²) in [4.78, 5) is 27.6. The van der Waals surface area contributed by atoms with Crippen LogP contribution in [0.4, 0.5) is 26.3 Å². The second-order valence-corrected chi connectivity index (χ2v) is 9.11. The molecule has 214 valence electrons. The van der Waals surface area contributed by atoms with Crippen molar-refractivity contribution in [3.05, 3.63) is 36.2 Å². The van der Waals surface area contributed by atoms with Crippen LogP contribution in [0.25, 0.3) is 0 Å². The highest BCUT2D eigenvalue weighted by Crippen LogP contribution is 2.39. The summed E-state index contributed by atoms with van der Waals surface area (Å²) in [5, 5.41) is 18.6. The number of rotatable bonds is 4. The van der Waals surface area contributed by atoms with Gasteiger partial charge in [-0.25, -0.2) is 14.6 Å². The molecule has 1 spiro atoms. The largest absolute Gasteiger partial charge is 0.490 e. The number of aryl methyl sites for hydroxylation is 2. The standard InChI is InChI=1S/C18H28N6.2C2HF3O2/c1-21-11-7-19-17(21)15-23-9-5-18(6-10-23)4-3-8-24(18)14-16-12-20-22(2)13-16;2*3-2(4,5)1(6)7/h7,11-13H,3-6,8-10,14-15H2,1-2H3;2*(H,6,7). The first-order chi connectivity index (χ1) is 17.5. The molecule has 0 amide bonds. The summed E-state index contributed by atoms with van der Waals surface area (Å²) < 4.78 is 67.5. The third-order valence-corrected chi connectivity index (χ3v) is 6.43. The number of nitrogens with zero attached hydrogens (tertiary/aromatic N) is 6. The van der Waals surface area contributed by atoms with Crippen LogP contribution in [0.2, 0.25) is 0 Å². The number of carboxylic acids is 2. The summed E-state index contributed by atoms with van der Waals surface area (Å²) in [5.41, 5.74) is 1.75. The van der Waals surface area contributed by atoms with Gasteiger partial charge in [-0.15, -0.1) is 0 Å². The average Bonchev–Trinajstić information content (AvgIpc) is 3.51. The Labute approximate surface area is 214 Å². The van der Waals surface area contributed by atoms with Crippen molar-refractivity contribution in [2.45, 2.75) is 56.7 Å². The van der Waals surface area contributed by atoms with E-state index in [4.69, 9.17) is 19.8 Å². The number of alkyl halides is 6. The van der Waals surface area contributed by atoms with Crippen molar-refractivity contribution in [3.8, 4) is 0 Å². The van der Waals surface area contributed by atoms with Crippen LogP contribution in [0.5, 0.6) is 0 Å². The molecule has 2 saturated heterocycles. The molecule has 0 atom stereocenters. The van der Waals surface area contributed by atoms with Gasteiger partial charge in [-0.05, 0) is 32.2 Å². The molecule has 2 N–H and O–H groups in total. The van der Waals surface area contributed by atoms with E-state index in [1.54, 1.807) is 0 Å². The second kappa shape index (κ2) is 12.6. The number of aromatic nitrogens is 4. The Balaban J connectivity index is 0.000000301. The molecular formula is C22H30F6N6O4. The minimum absolute atomic E-state index is 0.411. The molecule has 0 radical (unpaired) electrons. The quantitative estimate of drug-likeness (QED) is 0.553. The third-order valence-electron chi connectivity index (χ3n) is 6.43. The van der Waals surface area contributed by atoms with Crippen molar-refractivity contribution in [1.29, 1.82) is 0 Å². The molecule has 0 bridgehead atoms. The maximum atomic E-state index is 10.6. The smallest absolute Gasteiger partial charge is 0.475 e. The van der Waals surface area contributed by atoms with Crippen LogP contribution in [-0.4, -0.2) is 88.8 Å². The number of halogens is 6. The van der Waals surface area contributed by atoms with Gasteiger partial charge < -0.3 is 14.8 Å². The van der Waals surface area contributed by atoms with Gasteiger partial charge in [-0.1, -0.05) is 0 Å². The molecule has 4 heterocycles. The maximum absolute atomic E-state index is 10.6. The lowest BCUT2D eigenvalue weighted by Crippen LogP contribution is -2.51. The number of hydrogen-bond acceptors (Lipinski definition) is 6. The van der Waals surface area contributed by atoms with Gasteiger partial charge in [0.15, 0.2) is 0 Å². The molecule has 10 nitrogen and oxygen atoms in total. The van der Waals surface area contributed by atoms with E-state index in [1.807, 2.05) is 30.3 Å². The van der Waals surface area contributed by atoms with Crippen LogP contribution < -0.4 is 0 Å². The Bertz CT molecular complexity index is 1040. The molecule has 4 rings (SSSR count). The first-order valence-corrected chi connectivity index (χ1v) is 11.5. The average molecular weight is 557 g/mol. The molecule has 0 aromatic carbocycles. The van der Waals surface area contributed by atoms with E-state index in [9.17, 15) is 26.3 Å². The lowest BCUT2D eigenvalue weighted by molar-refractivity contribution is -0.193. The van der Waals surface area contributed by atoms with Crippen molar-refractivity contribution in [2.24, 2.45) is 14.1 Å². The van der Waals surface area contributed by atoms with E-state index in [0.717, 1.165) is 13.1 Å². The summed E-state index contributed by atoms with van der Waals surface area (Å²) >= 11 is 0. The normalized spacial score (nSPS) is 17.9. The maximum Gasteiger partial charge on any atom is 0.490 e. The summed E-state index contributed by atoms with van der Waals surface area (Å²) in [5.74, 6) is -4.34. The van der Waals surface area contributed by atoms with E-state index in [-0.39, 0.29) is 0 Å². The van der Waals surface area contributed by atoms with Crippen LogP contribution in [0.3, 0.4) is 0 Å². The van der Waals surface area contributed by atoms with Gasteiger partial charge in [-0.2, -0.15) is 31.4 Å². The van der Waals surface area contributed by atoms with Crippen LogP contribution in [0.15, 0.2) is 24.8 Å². The van der Waals surface area contributed by atoms with E-state index in [1.165, 1.54) is 56.7 Å². The molecule has 0 unspecified atom stereocenters. The van der Waals surface area contributed by atoms with Crippen molar-refractivity contribution < 1.29 is 46.1 Å². The van der Waals surface area contributed by atoms with Gasteiger partial charge in [-0.3, -0.25) is 14.5 Å². The number of carbonyl (C=O) groups is 2. The molecule has 38 heavy (non-hydrogen) atoms. The second-order valence-electron chi connectivity index (χ2n) is 9.11. The van der Waals surface area contributed by atoms with Crippen LogP contribution >= 0.6 is 0 Å². The molecule has 2 aromatic heterocycles. The van der Waals surface area contributed by atoms with Crippen LogP contribution in [0, 0.1) is 0 Å². The monoisotopic (exact) mass is 556 g/mol.